The highest BCUT2D eigenvalue weighted by molar-refractivity contribution is 8.26. The number of hydrogen-bond acceptors (Lipinski definition) is 5. The van der Waals surface area contributed by atoms with Crippen molar-refractivity contribution in [1.82, 2.24) is 4.90 Å². The van der Waals surface area contributed by atoms with Crippen molar-refractivity contribution in [3.63, 3.8) is 0 Å². The van der Waals surface area contributed by atoms with Crippen molar-refractivity contribution in [1.29, 1.82) is 0 Å². The molecule has 2 aliphatic rings. The molecule has 24 heavy (non-hydrogen) atoms. The molecule has 0 aromatic heterocycles. The number of carbonyl (C=O) groups excluding carboxylic acids is 1. The Morgan fingerprint density at radius 1 is 1.12 bits per heavy atom. The van der Waals surface area contributed by atoms with E-state index in [0.29, 0.717) is 15.8 Å². The van der Waals surface area contributed by atoms with Crippen LogP contribution in [0.3, 0.4) is 0 Å². The number of hydrogen-bond donors (Lipinski definition) is 0. The maximum absolute atomic E-state index is 12.3. The van der Waals surface area contributed by atoms with E-state index in [4.69, 9.17) is 12.2 Å². The van der Waals surface area contributed by atoms with Gasteiger partial charge >= 0.3 is 0 Å². The van der Waals surface area contributed by atoms with Gasteiger partial charge in [-0.2, -0.15) is 0 Å². The van der Waals surface area contributed by atoms with Crippen LogP contribution < -0.4 is 4.90 Å². The van der Waals surface area contributed by atoms with Crippen molar-refractivity contribution < 1.29 is 4.79 Å². The predicted octanol–water partition coefficient (Wildman–Crippen LogP) is 5.00. The number of amides is 1. The third kappa shape index (κ3) is 3.41. The fraction of sp³-hybridized carbons (Fsp3) is 0.333. The van der Waals surface area contributed by atoms with Gasteiger partial charge < -0.3 is 4.90 Å². The molecular formula is C18H20N2OS3. The highest BCUT2D eigenvalue weighted by Crippen LogP contribution is 2.46. The zero-order valence-electron chi connectivity index (χ0n) is 13.8. The van der Waals surface area contributed by atoms with Crippen LogP contribution in [-0.2, 0) is 4.79 Å². The normalized spacial score (nSPS) is 20.6. The van der Waals surface area contributed by atoms with Gasteiger partial charge in [0.2, 0.25) is 0 Å². The highest BCUT2D eigenvalue weighted by atomic mass is 32.2. The molecule has 0 atom stereocenters. The first-order chi connectivity index (χ1) is 11.7. The van der Waals surface area contributed by atoms with Crippen LogP contribution in [0.15, 0.2) is 51.2 Å². The van der Waals surface area contributed by atoms with Gasteiger partial charge in [0.15, 0.2) is 0 Å². The molecule has 0 radical (unpaired) electrons. The SMILES string of the molecule is CCCCN1C(=C/C=C2\SC(=S)N(CC)C2=O)Sc2ccccc21. The van der Waals surface area contributed by atoms with Crippen LogP contribution in [0.4, 0.5) is 5.69 Å². The van der Waals surface area contributed by atoms with Gasteiger partial charge in [0.1, 0.15) is 4.32 Å². The summed E-state index contributed by atoms with van der Waals surface area (Å²) in [5, 5.41) is 1.17. The maximum Gasteiger partial charge on any atom is 0.266 e. The van der Waals surface area contributed by atoms with Crippen molar-refractivity contribution in [3.05, 3.63) is 46.4 Å². The van der Waals surface area contributed by atoms with Crippen LogP contribution in [0, 0.1) is 0 Å². The minimum Gasteiger partial charge on any atom is -0.335 e. The molecule has 3 nitrogen and oxygen atoms in total. The van der Waals surface area contributed by atoms with E-state index in [9.17, 15) is 4.79 Å². The van der Waals surface area contributed by atoms with E-state index in [1.165, 1.54) is 27.4 Å². The number of anilines is 1. The largest absolute Gasteiger partial charge is 0.335 e. The second-order valence-corrected chi connectivity index (χ2v) is 8.27. The number of thiocarbonyl (C=S) groups is 1. The standard InChI is InChI=1S/C18H20N2OS3/c1-3-5-12-20-13-8-6-7-9-14(13)23-16(20)11-10-15-17(21)19(4-2)18(22)24-15/h6-11H,3-5,12H2,1-2H3/b15-10-,16-11?. The molecule has 0 aliphatic carbocycles. The number of allylic oxidation sites excluding steroid dienone is 2. The summed E-state index contributed by atoms with van der Waals surface area (Å²) in [5.74, 6) is 0.0185. The monoisotopic (exact) mass is 376 g/mol. The van der Waals surface area contributed by atoms with Crippen molar-refractivity contribution in [3.8, 4) is 0 Å². The Morgan fingerprint density at radius 3 is 2.62 bits per heavy atom. The second kappa shape index (κ2) is 7.76. The summed E-state index contributed by atoms with van der Waals surface area (Å²) in [7, 11) is 0. The molecule has 1 amide bonds. The third-order valence-corrected chi connectivity index (χ3v) is 6.47. The van der Waals surface area contributed by atoms with Crippen molar-refractivity contribution in [2.24, 2.45) is 0 Å². The lowest BCUT2D eigenvalue weighted by Crippen LogP contribution is -2.27. The zero-order chi connectivity index (χ0) is 17.1. The Balaban J connectivity index is 1.85. The van der Waals surface area contributed by atoms with E-state index in [0.717, 1.165) is 19.4 Å². The molecule has 0 saturated carbocycles. The molecule has 0 unspecified atom stereocenters. The Labute approximate surface area is 157 Å². The lowest BCUT2D eigenvalue weighted by atomic mass is 10.2. The summed E-state index contributed by atoms with van der Waals surface area (Å²) in [5.41, 5.74) is 1.26. The Hall–Kier alpha value is -1.24. The van der Waals surface area contributed by atoms with Crippen molar-refractivity contribution in [2.75, 3.05) is 18.0 Å². The summed E-state index contributed by atoms with van der Waals surface area (Å²) >= 11 is 8.42. The number of unbranched alkanes of at least 4 members (excludes halogenated alkanes) is 1. The molecule has 6 heteroatoms. The van der Waals surface area contributed by atoms with Gasteiger partial charge in [-0.1, -0.05) is 61.2 Å². The summed E-state index contributed by atoms with van der Waals surface area (Å²) in [6.45, 7) is 5.77. The number of fused-ring (bicyclic) bond motifs is 1. The molecule has 0 spiro atoms. The molecule has 2 aliphatic heterocycles. The van der Waals surface area contributed by atoms with Crippen molar-refractivity contribution in [2.45, 2.75) is 31.6 Å². The highest BCUT2D eigenvalue weighted by Gasteiger charge is 2.30. The molecule has 1 fully saturated rings. The summed E-state index contributed by atoms with van der Waals surface area (Å²) in [6.07, 6.45) is 6.28. The maximum atomic E-state index is 12.3. The van der Waals surface area contributed by atoms with Crippen LogP contribution in [0.1, 0.15) is 26.7 Å². The molecule has 1 aromatic carbocycles. The average molecular weight is 377 g/mol. The number of nitrogens with zero attached hydrogens (tertiary/aromatic N) is 2. The Bertz CT molecular complexity index is 727. The number of likely N-dealkylation sites (N-methyl/N-ethyl adjacent to an activating group) is 1. The minimum atomic E-state index is 0.0185. The Kier molecular flexibility index (Phi) is 5.69. The molecule has 1 aromatic rings. The Morgan fingerprint density at radius 2 is 1.92 bits per heavy atom. The van der Waals surface area contributed by atoms with Gasteiger partial charge in [0.05, 0.1) is 15.6 Å². The summed E-state index contributed by atoms with van der Waals surface area (Å²) < 4.78 is 0.650. The van der Waals surface area contributed by atoms with E-state index in [1.54, 1.807) is 16.7 Å². The quantitative estimate of drug-likeness (QED) is 0.531. The van der Waals surface area contributed by atoms with Gasteiger partial charge in [-0.05, 0) is 37.6 Å². The van der Waals surface area contributed by atoms with E-state index in [1.807, 2.05) is 13.0 Å². The van der Waals surface area contributed by atoms with Crippen LogP contribution in [-0.4, -0.2) is 28.2 Å². The molecule has 126 valence electrons. The molecule has 3 rings (SSSR count). The first-order valence-corrected chi connectivity index (χ1v) is 10.2. The summed E-state index contributed by atoms with van der Waals surface area (Å²) in [6, 6.07) is 8.46. The number of carbonyl (C=O) groups is 1. The molecule has 0 N–H and O–H groups in total. The van der Waals surface area contributed by atoms with Gasteiger partial charge in [0.25, 0.3) is 5.91 Å². The van der Waals surface area contributed by atoms with E-state index in [-0.39, 0.29) is 5.91 Å². The first kappa shape index (κ1) is 17.6. The molecular weight excluding hydrogens is 356 g/mol. The van der Waals surface area contributed by atoms with E-state index in [2.05, 4.69) is 42.2 Å². The van der Waals surface area contributed by atoms with Gasteiger partial charge in [-0.3, -0.25) is 9.69 Å². The predicted molar refractivity (Wildman–Crippen MR) is 108 cm³/mol. The van der Waals surface area contributed by atoms with Crippen LogP contribution in [0.2, 0.25) is 0 Å². The average Bonchev–Trinajstić information content (AvgIpc) is 3.07. The molecule has 0 bridgehead atoms. The first-order valence-electron chi connectivity index (χ1n) is 8.15. The van der Waals surface area contributed by atoms with E-state index < -0.39 is 0 Å². The fourth-order valence-corrected chi connectivity index (χ4v) is 5.07. The lowest BCUT2D eigenvalue weighted by molar-refractivity contribution is -0.122. The number of thioether (sulfide) groups is 2. The molecule has 2 heterocycles. The fourth-order valence-electron chi connectivity index (χ4n) is 2.66. The number of benzene rings is 1. The smallest absolute Gasteiger partial charge is 0.266 e. The lowest BCUT2D eigenvalue weighted by Gasteiger charge is -2.19. The van der Waals surface area contributed by atoms with Crippen LogP contribution >= 0.6 is 35.7 Å². The van der Waals surface area contributed by atoms with E-state index >= 15 is 0 Å². The second-order valence-electron chi connectivity index (χ2n) is 5.53. The number of para-hydroxylation sites is 1. The topological polar surface area (TPSA) is 23.6 Å². The zero-order valence-corrected chi connectivity index (χ0v) is 16.3. The molecule has 1 saturated heterocycles. The third-order valence-electron chi connectivity index (χ3n) is 3.94. The van der Waals surface area contributed by atoms with Gasteiger partial charge in [-0.15, -0.1) is 0 Å². The van der Waals surface area contributed by atoms with Crippen LogP contribution in [0.25, 0.3) is 0 Å². The van der Waals surface area contributed by atoms with Crippen LogP contribution in [0.5, 0.6) is 0 Å². The summed E-state index contributed by atoms with van der Waals surface area (Å²) in [4.78, 5) is 18.3. The van der Waals surface area contributed by atoms with Gasteiger partial charge in [0, 0.05) is 18.0 Å². The minimum absolute atomic E-state index is 0.0185. The van der Waals surface area contributed by atoms with Crippen molar-refractivity contribution >= 4 is 51.7 Å². The number of rotatable bonds is 5. The van der Waals surface area contributed by atoms with Gasteiger partial charge in [-0.25, -0.2) is 0 Å².